The lowest BCUT2D eigenvalue weighted by molar-refractivity contribution is 0.0874. The zero-order chi connectivity index (χ0) is 10.5. The van der Waals surface area contributed by atoms with Crippen molar-refractivity contribution in [3.8, 4) is 11.1 Å². The Labute approximate surface area is 93.5 Å². The lowest BCUT2D eigenvalue weighted by Gasteiger charge is -1.97. The summed E-state index contributed by atoms with van der Waals surface area (Å²) in [6.07, 6.45) is 0. The molecule has 0 fully saturated rings. The molecular weight excluding hydrogens is 206 g/mol. The number of thiophene rings is 1. The third-order valence-corrected chi connectivity index (χ3v) is 3.09. The summed E-state index contributed by atoms with van der Waals surface area (Å²) in [5.74, 6) is 0. The average Bonchev–Trinajstić information content (AvgIpc) is 2.76. The fourth-order valence-corrected chi connectivity index (χ4v) is 2.22. The third-order valence-electron chi connectivity index (χ3n) is 2.15. The van der Waals surface area contributed by atoms with Crippen molar-refractivity contribution < 1.29 is 4.84 Å². The molecule has 1 aromatic carbocycles. The largest absolute Gasteiger partial charge is 0.305 e. The van der Waals surface area contributed by atoms with Gasteiger partial charge in [-0.2, -0.15) is 5.48 Å². The van der Waals surface area contributed by atoms with E-state index in [0.717, 1.165) is 6.54 Å². The molecular formula is C12H13NOS. The molecule has 2 nitrogen and oxygen atoms in total. The van der Waals surface area contributed by atoms with E-state index in [1.54, 1.807) is 18.4 Å². The minimum absolute atomic E-state index is 0.758. The van der Waals surface area contributed by atoms with Crippen molar-refractivity contribution in [1.82, 2.24) is 5.48 Å². The maximum Gasteiger partial charge on any atom is 0.0572 e. The number of benzene rings is 1. The molecule has 0 aliphatic carbocycles. The molecule has 1 N–H and O–H groups in total. The summed E-state index contributed by atoms with van der Waals surface area (Å²) >= 11 is 1.74. The van der Waals surface area contributed by atoms with Gasteiger partial charge < -0.3 is 4.84 Å². The van der Waals surface area contributed by atoms with Crippen LogP contribution in [0.2, 0.25) is 0 Å². The van der Waals surface area contributed by atoms with Gasteiger partial charge in [-0.15, -0.1) is 11.3 Å². The number of hydrogen-bond donors (Lipinski definition) is 1. The predicted molar refractivity (Wildman–Crippen MR) is 63.6 cm³/mol. The SMILES string of the molecule is CONCc1cc(-c2ccccc2)cs1. The Hall–Kier alpha value is -1.16. The second-order valence-corrected chi connectivity index (χ2v) is 4.19. The van der Waals surface area contributed by atoms with Gasteiger partial charge in [-0.3, -0.25) is 0 Å². The van der Waals surface area contributed by atoms with E-state index in [1.165, 1.54) is 16.0 Å². The smallest absolute Gasteiger partial charge is 0.0572 e. The molecule has 0 aliphatic rings. The summed E-state index contributed by atoms with van der Waals surface area (Å²) < 4.78 is 0. The van der Waals surface area contributed by atoms with Crippen LogP contribution >= 0.6 is 11.3 Å². The van der Waals surface area contributed by atoms with E-state index in [9.17, 15) is 0 Å². The van der Waals surface area contributed by atoms with Gasteiger partial charge in [0.15, 0.2) is 0 Å². The van der Waals surface area contributed by atoms with Crippen LogP contribution in [0.4, 0.5) is 0 Å². The minimum Gasteiger partial charge on any atom is -0.305 e. The summed E-state index contributed by atoms with van der Waals surface area (Å²) in [4.78, 5) is 6.09. The molecule has 15 heavy (non-hydrogen) atoms. The molecule has 2 rings (SSSR count). The molecule has 78 valence electrons. The third kappa shape index (κ3) is 2.65. The van der Waals surface area contributed by atoms with Gasteiger partial charge in [-0.25, -0.2) is 0 Å². The van der Waals surface area contributed by atoms with E-state index in [0.29, 0.717) is 0 Å². The average molecular weight is 219 g/mol. The summed E-state index contributed by atoms with van der Waals surface area (Å²) in [5, 5.41) is 2.17. The van der Waals surface area contributed by atoms with Gasteiger partial charge in [0.05, 0.1) is 13.7 Å². The van der Waals surface area contributed by atoms with E-state index in [-0.39, 0.29) is 0 Å². The highest BCUT2D eigenvalue weighted by Gasteiger charge is 2.01. The standard InChI is InChI=1S/C12H13NOS/c1-14-13-8-12-7-11(9-15-12)10-5-3-2-4-6-10/h2-7,9,13H,8H2,1H3. The number of rotatable bonds is 4. The quantitative estimate of drug-likeness (QED) is 0.798. The van der Waals surface area contributed by atoms with Crippen molar-refractivity contribution in [3.05, 3.63) is 46.7 Å². The monoisotopic (exact) mass is 219 g/mol. The Bertz CT molecular complexity index is 411. The van der Waals surface area contributed by atoms with E-state index < -0.39 is 0 Å². The predicted octanol–water partition coefficient (Wildman–Crippen LogP) is 3.07. The lowest BCUT2D eigenvalue weighted by atomic mass is 10.1. The van der Waals surface area contributed by atoms with Gasteiger partial charge >= 0.3 is 0 Å². The van der Waals surface area contributed by atoms with Crippen LogP contribution in [-0.2, 0) is 11.4 Å². The molecule has 0 aliphatic heterocycles. The molecule has 0 amide bonds. The second kappa shape index (κ2) is 5.07. The van der Waals surface area contributed by atoms with Crippen LogP contribution in [0.25, 0.3) is 11.1 Å². The van der Waals surface area contributed by atoms with E-state index >= 15 is 0 Å². The molecule has 3 heteroatoms. The second-order valence-electron chi connectivity index (χ2n) is 3.19. The Morgan fingerprint density at radius 1 is 1.20 bits per heavy atom. The van der Waals surface area contributed by atoms with Crippen LogP contribution in [0.15, 0.2) is 41.8 Å². The zero-order valence-corrected chi connectivity index (χ0v) is 9.38. The number of hydrogen-bond acceptors (Lipinski definition) is 3. The van der Waals surface area contributed by atoms with E-state index in [2.05, 4.69) is 41.2 Å². The minimum atomic E-state index is 0.758. The maximum atomic E-state index is 4.82. The molecule has 0 saturated carbocycles. The van der Waals surface area contributed by atoms with Crippen molar-refractivity contribution in [2.75, 3.05) is 7.11 Å². The first-order valence-corrected chi connectivity index (χ1v) is 5.67. The molecule has 1 heterocycles. The van der Waals surface area contributed by atoms with E-state index in [1.807, 2.05) is 6.07 Å². The molecule has 0 saturated heterocycles. The van der Waals surface area contributed by atoms with Crippen molar-refractivity contribution in [1.29, 1.82) is 0 Å². The summed E-state index contributed by atoms with van der Waals surface area (Å²) in [6.45, 7) is 0.758. The summed E-state index contributed by atoms with van der Waals surface area (Å²) in [5.41, 5.74) is 5.37. The highest BCUT2D eigenvalue weighted by Crippen LogP contribution is 2.25. The number of hydroxylamine groups is 1. The topological polar surface area (TPSA) is 21.3 Å². The lowest BCUT2D eigenvalue weighted by Crippen LogP contribution is -2.09. The zero-order valence-electron chi connectivity index (χ0n) is 8.57. The summed E-state index contributed by atoms with van der Waals surface area (Å²) in [6, 6.07) is 12.6. The highest BCUT2D eigenvalue weighted by molar-refractivity contribution is 7.10. The molecule has 0 bridgehead atoms. The Morgan fingerprint density at radius 2 is 2.00 bits per heavy atom. The molecule has 0 spiro atoms. The Kier molecular flexibility index (Phi) is 3.50. The molecule has 0 atom stereocenters. The van der Waals surface area contributed by atoms with Crippen LogP contribution < -0.4 is 5.48 Å². The maximum absolute atomic E-state index is 4.82. The molecule has 0 unspecified atom stereocenters. The van der Waals surface area contributed by atoms with Crippen LogP contribution in [0.3, 0.4) is 0 Å². The Balaban J connectivity index is 2.14. The Morgan fingerprint density at radius 3 is 2.73 bits per heavy atom. The first-order valence-electron chi connectivity index (χ1n) is 4.79. The van der Waals surface area contributed by atoms with Crippen LogP contribution in [0.1, 0.15) is 4.88 Å². The number of nitrogens with one attached hydrogen (secondary N) is 1. The first kappa shape index (κ1) is 10.4. The van der Waals surface area contributed by atoms with Gasteiger partial charge in [0.25, 0.3) is 0 Å². The highest BCUT2D eigenvalue weighted by atomic mass is 32.1. The fraction of sp³-hybridized carbons (Fsp3) is 0.167. The van der Waals surface area contributed by atoms with Crippen molar-refractivity contribution in [3.63, 3.8) is 0 Å². The van der Waals surface area contributed by atoms with Crippen LogP contribution in [0, 0.1) is 0 Å². The van der Waals surface area contributed by atoms with Gasteiger partial charge in [0, 0.05) is 4.88 Å². The van der Waals surface area contributed by atoms with E-state index in [4.69, 9.17) is 4.84 Å². The molecule has 2 aromatic rings. The van der Waals surface area contributed by atoms with Crippen molar-refractivity contribution >= 4 is 11.3 Å². The van der Waals surface area contributed by atoms with Crippen LogP contribution in [-0.4, -0.2) is 7.11 Å². The molecule has 1 aromatic heterocycles. The van der Waals surface area contributed by atoms with Gasteiger partial charge in [0.2, 0.25) is 0 Å². The van der Waals surface area contributed by atoms with Gasteiger partial charge in [-0.1, -0.05) is 30.3 Å². The van der Waals surface area contributed by atoms with Gasteiger partial charge in [-0.05, 0) is 22.6 Å². The molecule has 0 radical (unpaired) electrons. The fourth-order valence-electron chi connectivity index (χ4n) is 1.40. The normalized spacial score (nSPS) is 10.5. The van der Waals surface area contributed by atoms with Crippen molar-refractivity contribution in [2.24, 2.45) is 0 Å². The van der Waals surface area contributed by atoms with Gasteiger partial charge in [0.1, 0.15) is 0 Å². The summed E-state index contributed by atoms with van der Waals surface area (Å²) in [7, 11) is 1.63. The van der Waals surface area contributed by atoms with Crippen molar-refractivity contribution in [2.45, 2.75) is 6.54 Å². The first-order chi connectivity index (χ1) is 7.40. The van der Waals surface area contributed by atoms with Crippen LogP contribution in [0.5, 0.6) is 0 Å².